The maximum absolute atomic E-state index is 9.19. The standard InChI is InChI=1S/C14H15BrO2.C10H7BrO.C4H8O/c1-3-16-10(2)17-14-7-5-11-8-13(15)6-4-12(11)9-14;11-9-3-1-8-6-10(12)4-2-7(8)5-9;1-3-5-4-2/h4-10H,3H2,1-2H3;1-6,12H;3H,1,4H2,2H3. The molecule has 0 saturated heterocycles. The van der Waals surface area contributed by atoms with Crippen LogP contribution < -0.4 is 4.74 Å². The summed E-state index contributed by atoms with van der Waals surface area (Å²) >= 11 is 6.85. The molecule has 0 fully saturated rings. The van der Waals surface area contributed by atoms with Crippen LogP contribution in [0.15, 0.2) is 94.6 Å². The second kappa shape index (κ2) is 14.7. The molecule has 180 valence electrons. The van der Waals surface area contributed by atoms with Crippen LogP contribution in [0.25, 0.3) is 21.5 Å². The molecule has 4 aromatic carbocycles. The van der Waals surface area contributed by atoms with E-state index in [1.54, 1.807) is 12.1 Å². The van der Waals surface area contributed by atoms with Crippen LogP contribution in [0.3, 0.4) is 0 Å². The van der Waals surface area contributed by atoms with Gasteiger partial charge in [-0.1, -0.05) is 62.7 Å². The number of phenolic OH excluding ortho intramolecular Hbond substituents is 1. The molecule has 0 aliphatic carbocycles. The first-order valence-electron chi connectivity index (χ1n) is 10.9. The van der Waals surface area contributed by atoms with E-state index in [-0.39, 0.29) is 6.29 Å². The van der Waals surface area contributed by atoms with Crippen molar-refractivity contribution < 1.29 is 19.3 Å². The molecule has 1 N–H and O–H groups in total. The topological polar surface area (TPSA) is 47.9 Å². The van der Waals surface area contributed by atoms with Gasteiger partial charge in [0.05, 0.1) is 12.9 Å². The summed E-state index contributed by atoms with van der Waals surface area (Å²) < 4.78 is 17.7. The Morgan fingerprint density at radius 3 is 1.85 bits per heavy atom. The summed E-state index contributed by atoms with van der Waals surface area (Å²) in [4.78, 5) is 0. The molecule has 0 heterocycles. The summed E-state index contributed by atoms with van der Waals surface area (Å²) in [6, 6.07) is 23.5. The second-order valence-electron chi connectivity index (χ2n) is 7.09. The molecule has 4 nitrogen and oxygen atoms in total. The van der Waals surface area contributed by atoms with Crippen LogP contribution >= 0.6 is 31.9 Å². The zero-order valence-corrected chi connectivity index (χ0v) is 22.8. The quantitative estimate of drug-likeness (QED) is 0.180. The fourth-order valence-corrected chi connectivity index (χ4v) is 3.81. The lowest BCUT2D eigenvalue weighted by molar-refractivity contribution is -0.0612. The second-order valence-corrected chi connectivity index (χ2v) is 8.92. The molecule has 0 aromatic heterocycles. The number of aromatic hydroxyl groups is 1. The molecule has 6 heteroatoms. The molecular formula is C28H30Br2O4. The molecule has 34 heavy (non-hydrogen) atoms. The Morgan fingerprint density at radius 2 is 1.32 bits per heavy atom. The first-order valence-corrected chi connectivity index (χ1v) is 12.5. The minimum atomic E-state index is -0.215. The third kappa shape index (κ3) is 9.37. The molecule has 4 aromatic rings. The Morgan fingerprint density at radius 1 is 0.794 bits per heavy atom. The van der Waals surface area contributed by atoms with Gasteiger partial charge >= 0.3 is 0 Å². The Hall–Kier alpha value is -2.54. The number of hydrogen-bond acceptors (Lipinski definition) is 4. The molecule has 0 aliphatic rings. The fraction of sp³-hybridized carbons (Fsp3) is 0.214. The monoisotopic (exact) mass is 588 g/mol. The molecule has 0 amide bonds. The molecule has 1 unspecified atom stereocenters. The lowest BCUT2D eigenvalue weighted by Gasteiger charge is -2.14. The predicted octanol–water partition coefficient (Wildman–Crippen LogP) is 8.84. The van der Waals surface area contributed by atoms with Gasteiger partial charge in [0.15, 0.2) is 6.29 Å². The van der Waals surface area contributed by atoms with Crippen LogP contribution in [0, 0.1) is 0 Å². The Bertz CT molecular complexity index is 1150. The number of ether oxygens (including phenoxy) is 3. The molecule has 0 bridgehead atoms. The van der Waals surface area contributed by atoms with Gasteiger partial charge in [-0.3, -0.25) is 0 Å². The fourth-order valence-electron chi connectivity index (χ4n) is 3.05. The van der Waals surface area contributed by atoms with Crippen LogP contribution in [-0.4, -0.2) is 24.6 Å². The van der Waals surface area contributed by atoms with Crippen molar-refractivity contribution in [3.8, 4) is 11.5 Å². The van der Waals surface area contributed by atoms with E-state index >= 15 is 0 Å². The zero-order chi connectivity index (χ0) is 24.9. The van der Waals surface area contributed by atoms with Crippen LogP contribution in [0.5, 0.6) is 11.5 Å². The number of rotatable bonds is 6. The van der Waals surface area contributed by atoms with Crippen molar-refractivity contribution in [1.29, 1.82) is 0 Å². The Kier molecular flexibility index (Phi) is 11.9. The molecule has 0 spiro atoms. The minimum absolute atomic E-state index is 0.215. The number of fused-ring (bicyclic) bond motifs is 2. The predicted molar refractivity (Wildman–Crippen MR) is 148 cm³/mol. The number of halogens is 2. The van der Waals surface area contributed by atoms with Crippen molar-refractivity contribution in [2.75, 3.05) is 13.2 Å². The van der Waals surface area contributed by atoms with E-state index in [4.69, 9.17) is 9.47 Å². The Labute approximate surface area is 218 Å². The van der Waals surface area contributed by atoms with Crippen LogP contribution in [0.1, 0.15) is 20.8 Å². The number of hydrogen-bond donors (Lipinski definition) is 1. The average Bonchev–Trinajstić information content (AvgIpc) is 2.81. The summed E-state index contributed by atoms with van der Waals surface area (Å²) in [5.41, 5.74) is 0. The van der Waals surface area contributed by atoms with E-state index in [1.165, 1.54) is 11.6 Å². The van der Waals surface area contributed by atoms with Gasteiger partial charge in [0, 0.05) is 15.6 Å². The third-order valence-corrected chi connectivity index (χ3v) is 5.53. The van der Waals surface area contributed by atoms with Crippen molar-refractivity contribution in [3.05, 3.63) is 94.6 Å². The first-order chi connectivity index (χ1) is 16.4. The highest BCUT2D eigenvalue weighted by atomic mass is 79.9. The van der Waals surface area contributed by atoms with Gasteiger partial charge in [-0.25, -0.2) is 0 Å². The van der Waals surface area contributed by atoms with E-state index in [0.717, 1.165) is 37.5 Å². The summed E-state index contributed by atoms with van der Waals surface area (Å²) in [6.07, 6.45) is 1.22. The highest BCUT2D eigenvalue weighted by Gasteiger charge is 2.04. The van der Waals surface area contributed by atoms with Crippen molar-refractivity contribution in [3.63, 3.8) is 0 Å². The SMILES string of the molecule is C=COCC.CCOC(C)Oc1ccc2cc(Br)ccc2c1.Oc1ccc2cc(Br)ccc2c1. The summed E-state index contributed by atoms with van der Waals surface area (Å²) in [6.45, 7) is 10.5. The smallest absolute Gasteiger partial charge is 0.196 e. The third-order valence-electron chi connectivity index (χ3n) is 4.55. The zero-order valence-electron chi connectivity index (χ0n) is 19.6. The van der Waals surface area contributed by atoms with Crippen molar-refractivity contribution in [1.82, 2.24) is 0 Å². The van der Waals surface area contributed by atoms with Crippen LogP contribution in [-0.2, 0) is 9.47 Å². The molecule has 4 rings (SSSR count). The number of phenols is 1. The van der Waals surface area contributed by atoms with Gasteiger partial charge < -0.3 is 19.3 Å². The van der Waals surface area contributed by atoms with E-state index in [0.29, 0.717) is 12.4 Å². The minimum Gasteiger partial charge on any atom is -0.508 e. The van der Waals surface area contributed by atoms with Crippen molar-refractivity contribution in [2.24, 2.45) is 0 Å². The molecule has 0 saturated carbocycles. The lowest BCUT2D eigenvalue weighted by Crippen LogP contribution is -2.15. The van der Waals surface area contributed by atoms with Crippen molar-refractivity contribution >= 4 is 53.4 Å². The van der Waals surface area contributed by atoms with Crippen LogP contribution in [0.4, 0.5) is 0 Å². The summed E-state index contributed by atoms with van der Waals surface area (Å²) in [5, 5.41) is 13.7. The average molecular weight is 590 g/mol. The van der Waals surface area contributed by atoms with Crippen molar-refractivity contribution in [2.45, 2.75) is 27.1 Å². The van der Waals surface area contributed by atoms with E-state index in [1.807, 2.05) is 69.3 Å². The van der Waals surface area contributed by atoms with Gasteiger partial charge in [0.2, 0.25) is 0 Å². The summed E-state index contributed by atoms with van der Waals surface area (Å²) in [7, 11) is 0. The normalized spacial score (nSPS) is 11.0. The lowest BCUT2D eigenvalue weighted by atomic mass is 10.1. The van der Waals surface area contributed by atoms with Gasteiger partial charge in [0.1, 0.15) is 11.5 Å². The maximum Gasteiger partial charge on any atom is 0.196 e. The van der Waals surface area contributed by atoms with Gasteiger partial charge in [-0.05, 0) is 90.8 Å². The summed E-state index contributed by atoms with van der Waals surface area (Å²) in [5.74, 6) is 1.14. The molecular weight excluding hydrogens is 560 g/mol. The maximum atomic E-state index is 9.19. The number of benzene rings is 4. The first kappa shape index (κ1) is 27.7. The van der Waals surface area contributed by atoms with Crippen LogP contribution in [0.2, 0.25) is 0 Å². The van der Waals surface area contributed by atoms with Gasteiger partial charge in [-0.15, -0.1) is 0 Å². The molecule has 0 aliphatic heterocycles. The molecule has 1 atom stereocenters. The highest BCUT2D eigenvalue weighted by molar-refractivity contribution is 9.10. The largest absolute Gasteiger partial charge is 0.508 e. The van der Waals surface area contributed by atoms with E-state index in [9.17, 15) is 5.11 Å². The van der Waals surface area contributed by atoms with Gasteiger partial charge in [0.25, 0.3) is 0 Å². The molecule has 0 radical (unpaired) electrons. The highest BCUT2D eigenvalue weighted by Crippen LogP contribution is 2.25. The van der Waals surface area contributed by atoms with Gasteiger partial charge in [-0.2, -0.15) is 0 Å². The van der Waals surface area contributed by atoms with E-state index < -0.39 is 0 Å². The van der Waals surface area contributed by atoms with E-state index in [2.05, 4.69) is 55.3 Å². The Balaban J connectivity index is 0.000000209.